The number of ether oxygens (including phenoxy) is 1. The molecule has 0 spiro atoms. The fraction of sp³-hybridized carbons (Fsp3) is 0.150. The van der Waals surface area contributed by atoms with Gasteiger partial charge in [0, 0.05) is 22.7 Å². The van der Waals surface area contributed by atoms with E-state index in [4.69, 9.17) is 0 Å². The number of rotatable bonds is 4. The highest BCUT2D eigenvalue weighted by atomic mass is 32.2. The number of hydrazone groups is 1. The first-order valence-corrected chi connectivity index (χ1v) is 9.24. The van der Waals surface area contributed by atoms with E-state index in [1.165, 1.54) is 23.3 Å². The average Bonchev–Trinajstić information content (AvgIpc) is 3.05. The molecule has 2 aliphatic rings. The summed E-state index contributed by atoms with van der Waals surface area (Å²) in [5.41, 5.74) is 9.27. The molecule has 0 aliphatic carbocycles. The Hall–Kier alpha value is -2.80. The molecule has 0 amide bonds. The van der Waals surface area contributed by atoms with Crippen LogP contribution >= 0.6 is 11.8 Å². The first-order valence-electron chi connectivity index (χ1n) is 8.36. The molecule has 0 aromatic heterocycles. The number of aryl methyl sites for hydroxylation is 2. The number of nitrogens with zero attached hydrogens (tertiary/aromatic N) is 2. The predicted molar refractivity (Wildman–Crippen MR) is 105 cm³/mol. The summed E-state index contributed by atoms with van der Waals surface area (Å²) in [6.07, 6.45) is 1.97. The van der Waals surface area contributed by atoms with Crippen LogP contribution in [-0.4, -0.2) is 16.7 Å². The molecule has 4 nitrogen and oxygen atoms in total. The van der Waals surface area contributed by atoms with Crippen LogP contribution in [-0.2, 0) is 0 Å². The second-order valence-electron chi connectivity index (χ2n) is 6.26. The number of hydrogen-bond acceptors (Lipinski definition) is 5. The van der Waals surface area contributed by atoms with Crippen molar-refractivity contribution >= 4 is 28.3 Å². The molecule has 0 bridgehead atoms. The quantitative estimate of drug-likeness (QED) is 0.792. The molecule has 0 radical (unpaired) electrons. The third-order valence-corrected chi connectivity index (χ3v) is 5.16. The zero-order chi connectivity index (χ0) is 19.0. The summed E-state index contributed by atoms with van der Waals surface area (Å²) in [7, 11) is 0. The van der Waals surface area contributed by atoms with Crippen molar-refractivity contribution in [2.45, 2.75) is 20.5 Å². The van der Waals surface area contributed by atoms with Crippen molar-refractivity contribution in [3.8, 4) is 5.75 Å². The Bertz CT molecular complexity index is 968. The molecule has 2 aromatic carbocycles. The third-order valence-electron chi connectivity index (χ3n) is 4.32. The van der Waals surface area contributed by atoms with E-state index >= 15 is 0 Å². The Morgan fingerprint density at radius 2 is 1.89 bits per heavy atom. The first-order chi connectivity index (χ1) is 13.0. The fourth-order valence-electron chi connectivity index (χ4n) is 3.05. The molecule has 2 aromatic rings. The lowest BCUT2D eigenvalue weighted by Gasteiger charge is -2.25. The summed E-state index contributed by atoms with van der Waals surface area (Å²) in [5, 5.41) is 7.35. The molecule has 4 rings (SSSR count). The Morgan fingerprint density at radius 3 is 2.59 bits per heavy atom. The minimum atomic E-state index is -2.83. The highest BCUT2D eigenvalue weighted by Gasteiger charge is 2.27. The van der Waals surface area contributed by atoms with Crippen LogP contribution in [0, 0.1) is 13.8 Å². The van der Waals surface area contributed by atoms with Crippen LogP contribution in [0.15, 0.2) is 59.2 Å². The molecule has 1 N–H and O–H groups in total. The Kier molecular flexibility index (Phi) is 4.61. The van der Waals surface area contributed by atoms with E-state index in [0.29, 0.717) is 0 Å². The van der Waals surface area contributed by atoms with Crippen molar-refractivity contribution in [1.82, 2.24) is 10.3 Å². The number of hydrogen-bond donors (Lipinski definition) is 1. The molecule has 0 fully saturated rings. The van der Waals surface area contributed by atoms with Crippen molar-refractivity contribution in [1.29, 1.82) is 0 Å². The van der Waals surface area contributed by atoms with Crippen molar-refractivity contribution in [3.63, 3.8) is 0 Å². The van der Waals surface area contributed by atoms with Crippen LogP contribution < -0.4 is 10.2 Å². The number of nitrogens with one attached hydrogen (secondary N) is 1. The molecule has 2 heterocycles. The van der Waals surface area contributed by atoms with Gasteiger partial charge in [-0.05, 0) is 43.7 Å². The minimum absolute atomic E-state index is 0.127. The number of alkyl halides is 2. The molecule has 0 saturated heterocycles. The van der Waals surface area contributed by atoms with Crippen LogP contribution in [0.25, 0.3) is 11.4 Å². The van der Waals surface area contributed by atoms with Gasteiger partial charge in [-0.3, -0.25) is 10.3 Å². The third kappa shape index (κ3) is 3.55. The van der Waals surface area contributed by atoms with Crippen molar-refractivity contribution in [2.24, 2.45) is 5.10 Å². The number of benzene rings is 2. The van der Waals surface area contributed by atoms with Crippen LogP contribution in [0.5, 0.6) is 5.75 Å². The smallest absolute Gasteiger partial charge is 0.387 e. The van der Waals surface area contributed by atoms with E-state index in [0.717, 1.165) is 27.7 Å². The van der Waals surface area contributed by atoms with Crippen molar-refractivity contribution in [3.05, 3.63) is 76.3 Å². The van der Waals surface area contributed by atoms with E-state index in [-0.39, 0.29) is 5.75 Å². The molecule has 0 atom stereocenters. The zero-order valence-electron chi connectivity index (χ0n) is 14.7. The zero-order valence-corrected chi connectivity index (χ0v) is 15.6. The maximum absolute atomic E-state index is 12.3. The van der Waals surface area contributed by atoms with Gasteiger partial charge >= 0.3 is 6.61 Å². The lowest BCUT2D eigenvalue weighted by molar-refractivity contribution is -0.0498. The monoisotopic (exact) mass is 385 g/mol. The Morgan fingerprint density at radius 1 is 1.11 bits per heavy atom. The van der Waals surface area contributed by atoms with Crippen LogP contribution in [0.2, 0.25) is 0 Å². The Balaban J connectivity index is 1.62. The standard InChI is InChI=1S/C20H17F2N3OS/c1-12-3-8-16(13(2)9-12)18-11-27-20-24-23-17(10-25(18)20)14-4-6-15(7-5-14)26-19(21)22/h3-11,19,23H,1-2H3. The summed E-state index contributed by atoms with van der Waals surface area (Å²) < 4.78 is 29.0. The van der Waals surface area contributed by atoms with Gasteiger partial charge in [-0.2, -0.15) is 8.78 Å². The normalized spacial score (nSPS) is 15.7. The number of fused-ring (bicyclic) bond motifs is 1. The number of halogens is 2. The summed E-state index contributed by atoms with van der Waals surface area (Å²) in [6, 6.07) is 12.8. The van der Waals surface area contributed by atoms with E-state index in [1.54, 1.807) is 23.9 Å². The first kappa shape index (κ1) is 17.6. The molecule has 2 aliphatic heterocycles. The molecule has 27 heavy (non-hydrogen) atoms. The summed E-state index contributed by atoms with van der Waals surface area (Å²) in [6.45, 7) is 1.34. The maximum Gasteiger partial charge on any atom is 0.387 e. The largest absolute Gasteiger partial charge is 0.435 e. The van der Waals surface area contributed by atoms with Crippen LogP contribution in [0.4, 0.5) is 8.78 Å². The van der Waals surface area contributed by atoms with E-state index in [1.807, 2.05) is 11.1 Å². The second kappa shape index (κ2) is 7.08. The molecule has 0 saturated carbocycles. The fourth-order valence-corrected chi connectivity index (χ4v) is 3.87. The minimum Gasteiger partial charge on any atom is -0.435 e. The van der Waals surface area contributed by atoms with E-state index in [2.05, 4.69) is 52.7 Å². The molecule has 0 unspecified atom stereocenters. The number of amidine groups is 1. The van der Waals surface area contributed by atoms with Gasteiger partial charge < -0.3 is 4.74 Å². The van der Waals surface area contributed by atoms with Gasteiger partial charge in [0.1, 0.15) is 5.75 Å². The average molecular weight is 385 g/mol. The van der Waals surface area contributed by atoms with Gasteiger partial charge in [0.15, 0.2) is 5.17 Å². The highest BCUT2D eigenvalue weighted by molar-refractivity contribution is 8.16. The highest BCUT2D eigenvalue weighted by Crippen LogP contribution is 2.37. The van der Waals surface area contributed by atoms with Gasteiger partial charge in [-0.25, -0.2) is 0 Å². The molecular weight excluding hydrogens is 368 g/mol. The molecular formula is C20H17F2N3OS. The van der Waals surface area contributed by atoms with E-state index in [9.17, 15) is 8.78 Å². The van der Waals surface area contributed by atoms with Gasteiger partial charge in [-0.15, -0.1) is 5.10 Å². The predicted octanol–water partition coefficient (Wildman–Crippen LogP) is 5.12. The number of thioether (sulfide) groups is 1. The lowest BCUT2D eigenvalue weighted by Crippen LogP contribution is -2.26. The van der Waals surface area contributed by atoms with Crippen LogP contribution in [0.1, 0.15) is 22.3 Å². The topological polar surface area (TPSA) is 36.9 Å². The summed E-state index contributed by atoms with van der Waals surface area (Å²) in [4.78, 5) is 2.04. The van der Waals surface area contributed by atoms with Gasteiger partial charge in [0.05, 0.1) is 11.4 Å². The summed E-state index contributed by atoms with van der Waals surface area (Å²) in [5.74, 6) is 0.127. The molecule has 7 heteroatoms. The van der Waals surface area contributed by atoms with Gasteiger partial charge in [-0.1, -0.05) is 35.5 Å². The van der Waals surface area contributed by atoms with Crippen LogP contribution in [0.3, 0.4) is 0 Å². The SMILES string of the molecule is Cc1ccc(C2=CSC3=NNC(c4ccc(OC(F)F)cc4)=CN23)c(C)c1. The van der Waals surface area contributed by atoms with Crippen molar-refractivity contribution < 1.29 is 13.5 Å². The maximum atomic E-state index is 12.3. The molecule has 138 valence electrons. The van der Waals surface area contributed by atoms with Crippen molar-refractivity contribution in [2.75, 3.05) is 0 Å². The van der Waals surface area contributed by atoms with E-state index < -0.39 is 6.61 Å². The summed E-state index contributed by atoms with van der Waals surface area (Å²) >= 11 is 1.55. The van der Waals surface area contributed by atoms with Gasteiger partial charge in [0.2, 0.25) is 0 Å². The lowest BCUT2D eigenvalue weighted by atomic mass is 10.0. The second-order valence-corrected chi connectivity index (χ2v) is 7.10. The Labute approximate surface area is 160 Å². The van der Waals surface area contributed by atoms with Gasteiger partial charge in [0.25, 0.3) is 0 Å².